The zero-order chi connectivity index (χ0) is 14.9. The van der Waals surface area contributed by atoms with Gasteiger partial charge in [0.1, 0.15) is 5.75 Å². The van der Waals surface area contributed by atoms with Gasteiger partial charge in [0.05, 0.1) is 6.61 Å². The molecule has 0 bridgehead atoms. The van der Waals surface area contributed by atoms with Gasteiger partial charge in [-0.1, -0.05) is 44.2 Å². The van der Waals surface area contributed by atoms with Crippen LogP contribution in [0.1, 0.15) is 39.5 Å². The van der Waals surface area contributed by atoms with E-state index in [0.29, 0.717) is 6.04 Å². The fourth-order valence-electron chi connectivity index (χ4n) is 2.58. The second kappa shape index (κ2) is 8.68. The first-order valence-corrected chi connectivity index (χ1v) is 8.18. The highest BCUT2D eigenvalue weighted by molar-refractivity contribution is 5.83. The van der Waals surface area contributed by atoms with Gasteiger partial charge in [-0.25, -0.2) is 0 Å². The summed E-state index contributed by atoms with van der Waals surface area (Å²) in [5.74, 6) is 0.975. The van der Waals surface area contributed by atoms with Crippen molar-refractivity contribution >= 4 is 10.8 Å². The number of rotatable bonds is 9. The summed E-state index contributed by atoms with van der Waals surface area (Å²) in [6.45, 7) is 6.37. The van der Waals surface area contributed by atoms with Gasteiger partial charge in [0.25, 0.3) is 0 Å². The van der Waals surface area contributed by atoms with Crippen molar-refractivity contribution in [3.63, 3.8) is 0 Å². The van der Waals surface area contributed by atoms with Crippen molar-refractivity contribution in [2.45, 2.75) is 45.6 Å². The van der Waals surface area contributed by atoms with E-state index in [1.54, 1.807) is 0 Å². The van der Waals surface area contributed by atoms with Crippen LogP contribution in [0.25, 0.3) is 10.8 Å². The maximum absolute atomic E-state index is 5.89. The highest BCUT2D eigenvalue weighted by Crippen LogP contribution is 2.20. The van der Waals surface area contributed by atoms with Crippen LogP contribution in [0.3, 0.4) is 0 Å². The van der Waals surface area contributed by atoms with E-state index in [-0.39, 0.29) is 0 Å². The van der Waals surface area contributed by atoms with Crippen molar-refractivity contribution in [1.29, 1.82) is 0 Å². The fraction of sp³-hybridized carbons (Fsp3) is 0.474. The molecule has 0 aromatic heterocycles. The smallest absolute Gasteiger partial charge is 0.119 e. The number of ether oxygens (including phenoxy) is 1. The normalized spacial score (nSPS) is 12.5. The lowest BCUT2D eigenvalue weighted by Gasteiger charge is -2.16. The van der Waals surface area contributed by atoms with Crippen molar-refractivity contribution in [1.82, 2.24) is 5.32 Å². The van der Waals surface area contributed by atoms with Gasteiger partial charge in [0.2, 0.25) is 0 Å². The van der Waals surface area contributed by atoms with Gasteiger partial charge >= 0.3 is 0 Å². The Morgan fingerprint density at radius 2 is 1.86 bits per heavy atom. The van der Waals surface area contributed by atoms with Crippen molar-refractivity contribution in [2.24, 2.45) is 0 Å². The van der Waals surface area contributed by atoms with Crippen molar-refractivity contribution < 1.29 is 4.74 Å². The number of benzene rings is 2. The van der Waals surface area contributed by atoms with E-state index < -0.39 is 0 Å². The summed E-state index contributed by atoms with van der Waals surface area (Å²) in [6.07, 6.45) is 4.67. The van der Waals surface area contributed by atoms with Crippen LogP contribution in [-0.2, 0) is 0 Å². The Kier molecular flexibility index (Phi) is 6.55. The van der Waals surface area contributed by atoms with Crippen LogP contribution >= 0.6 is 0 Å². The SMILES string of the molecule is CCCNC(CC)CCCOc1ccc2ccccc2c1. The molecule has 1 N–H and O–H groups in total. The van der Waals surface area contributed by atoms with Gasteiger partial charge in [-0.3, -0.25) is 0 Å². The Bertz CT molecular complexity index is 538. The fourth-order valence-corrected chi connectivity index (χ4v) is 2.58. The monoisotopic (exact) mass is 285 g/mol. The number of hydrogen-bond donors (Lipinski definition) is 1. The Balaban J connectivity index is 1.76. The van der Waals surface area contributed by atoms with Gasteiger partial charge in [0.15, 0.2) is 0 Å². The summed E-state index contributed by atoms with van der Waals surface area (Å²) in [5.41, 5.74) is 0. The number of fused-ring (bicyclic) bond motifs is 1. The summed E-state index contributed by atoms with van der Waals surface area (Å²) in [4.78, 5) is 0. The first kappa shape index (κ1) is 15.8. The first-order chi connectivity index (χ1) is 10.3. The molecule has 0 spiro atoms. The summed E-state index contributed by atoms with van der Waals surface area (Å²) in [5, 5.41) is 6.09. The van der Waals surface area contributed by atoms with E-state index in [9.17, 15) is 0 Å². The molecule has 0 fully saturated rings. The van der Waals surface area contributed by atoms with Gasteiger partial charge < -0.3 is 10.1 Å². The minimum atomic E-state index is 0.630. The minimum Gasteiger partial charge on any atom is -0.494 e. The molecule has 0 saturated heterocycles. The molecule has 1 atom stereocenters. The molecular weight excluding hydrogens is 258 g/mol. The van der Waals surface area contributed by atoms with Gasteiger partial charge in [0, 0.05) is 6.04 Å². The van der Waals surface area contributed by atoms with E-state index in [2.05, 4.69) is 61.6 Å². The molecule has 2 aromatic carbocycles. The van der Waals surface area contributed by atoms with Crippen LogP contribution < -0.4 is 10.1 Å². The summed E-state index contributed by atoms with van der Waals surface area (Å²) in [7, 11) is 0. The zero-order valence-electron chi connectivity index (χ0n) is 13.3. The molecule has 2 aromatic rings. The van der Waals surface area contributed by atoms with E-state index in [4.69, 9.17) is 4.74 Å². The maximum Gasteiger partial charge on any atom is 0.119 e. The van der Waals surface area contributed by atoms with E-state index in [1.807, 2.05) is 0 Å². The van der Waals surface area contributed by atoms with Crippen LogP contribution in [0.5, 0.6) is 5.75 Å². The summed E-state index contributed by atoms with van der Waals surface area (Å²) < 4.78 is 5.89. The molecule has 0 saturated carbocycles. The topological polar surface area (TPSA) is 21.3 Å². The average Bonchev–Trinajstić information content (AvgIpc) is 2.54. The van der Waals surface area contributed by atoms with E-state index in [1.165, 1.54) is 30.0 Å². The molecule has 0 aliphatic heterocycles. The third-order valence-corrected chi connectivity index (χ3v) is 3.86. The minimum absolute atomic E-state index is 0.630. The number of nitrogens with one attached hydrogen (secondary N) is 1. The third kappa shape index (κ3) is 5.05. The molecule has 0 aliphatic rings. The maximum atomic E-state index is 5.89. The predicted molar refractivity (Wildman–Crippen MR) is 91.0 cm³/mol. The Hall–Kier alpha value is -1.54. The van der Waals surface area contributed by atoms with Crippen LogP contribution in [0.2, 0.25) is 0 Å². The summed E-state index contributed by atoms with van der Waals surface area (Å²) in [6, 6.07) is 15.3. The molecule has 2 heteroatoms. The Labute approximate surface area is 128 Å². The second-order valence-corrected chi connectivity index (χ2v) is 5.56. The Morgan fingerprint density at radius 1 is 1.05 bits per heavy atom. The van der Waals surface area contributed by atoms with Crippen LogP contribution in [0, 0.1) is 0 Å². The van der Waals surface area contributed by atoms with Crippen LogP contribution in [-0.4, -0.2) is 19.2 Å². The largest absolute Gasteiger partial charge is 0.494 e. The molecule has 0 radical (unpaired) electrons. The quantitative estimate of drug-likeness (QED) is 0.670. The zero-order valence-corrected chi connectivity index (χ0v) is 13.3. The van der Waals surface area contributed by atoms with E-state index >= 15 is 0 Å². The molecule has 0 aliphatic carbocycles. The van der Waals surface area contributed by atoms with Gasteiger partial charge in [-0.2, -0.15) is 0 Å². The second-order valence-electron chi connectivity index (χ2n) is 5.56. The lowest BCUT2D eigenvalue weighted by Crippen LogP contribution is -2.29. The van der Waals surface area contributed by atoms with Crippen molar-refractivity contribution in [2.75, 3.05) is 13.2 Å². The van der Waals surface area contributed by atoms with Gasteiger partial charge in [-0.05, 0) is 55.1 Å². The van der Waals surface area contributed by atoms with Crippen molar-refractivity contribution in [3.8, 4) is 5.75 Å². The third-order valence-electron chi connectivity index (χ3n) is 3.86. The molecule has 1 unspecified atom stereocenters. The van der Waals surface area contributed by atoms with Crippen LogP contribution in [0.4, 0.5) is 0 Å². The first-order valence-electron chi connectivity index (χ1n) is 8.18. The number of hydrogen-bond acceptors (Lipinski definition) is 2. The molecule has 114 valence electrons. The lowest BCUT2D eigenvalue weighted by atomic mass is 10.1. The molecule has 21 heavy (non-hydrogen) atoms. The summed E-state index contributed by atoms with van der Waals surface area (Å²) >= 11 is 0. The molecular formula is C19H27NO. The van der Waals surface area contributed by atoms with Crippen LogP contribution in [0.15, 0.2) is 42.5 Å². The lowest BCUT2D eigenvalue weighted by molar-refractivity contribution is 0.294. The molecule has 2 nitrogen and oxygen atoms in total. The highest BCUT2D eigenvalue weighted by Gasteiger charge is 2.04. The van der Waals surface area contributed by atoms with Gasteiger partial charge in [-0.15, -0.1) is 0 Å². The highest BCUT2D eigenvalue weighted by atomic mass is 16.5. The van der Waals surface area contributed by atoms with E-state index in [0.717, 1.165) is 25.3 Å². The average molecular weight is 285 g/mol. The Morgan fingerprint density at radius 3 is 2.62 bits per heavy atom. The molecule has 2 rings (SSSR count). The van der Waals surface area contributed by atoms with Crippen molar-refractivity contribution in [3.05, 3.63) is 42.5 Å². The standard InChI is InChI=1S/C19H27NO/c1-3-13-20-18(4-2)10-7-14-21-19-12-11-16-8-5-6-9-17(16)15-19/h5-6,8-9,11-12,15,18,20H,3-4,7,10,13-14H2,1-2H3. The predicted octanol–water partition coefficient (Wildman–Crippen LogP) is 4.78. The molecule has 0 amide bonds. The molecule has 0 heterocycles.